The minimum absolute atomic E-state index is 0.219. The predicted molar refractivity (Wildman–Crippen MR) is 71.4 cm³/mol. The lowest BCUT2D eigenvalue weighted by molar-refractivity contribution is 0.216. The lowest BCUT2D eigenvalue weighted by Gasteiger charge is -2.34. The van der Waals surface area contributed by atoms with E-state index in [2.05, 4.69) is 38.5 Å². The zero-order chi connectivity index (χ0) is 12.1. The summed E-state index contributed by atoms with van der Waals surface area (Å²) >= 11 is 0. The van der Waals surface area contributed by atoms with Crippen molar-refractivity contribution in [1.29, 1.82) is 0 Å². The van der Waals surface area contributed by atoms with Gasteiger partial charge in [-0.2, -0.15) is 0 Å². The van der Waals surface area contributed by atoms with Gasteiger partial charge in [0.1, 0.15) is 0 Å². The standard InChI is InChI=1S/C14H30N2/c1-13(2)11-9-7-5-6-8-10-12-14(3,4)16-15-13/h15-16H,5-12H2,1-4H3. The third-order valence-corrected chi connectivity index (χ3v) is 3.59. The summed E-state index contributed by atoms with van der Waals surface area (Å²) in [6.07, 6.45) is 10.9. The molecule has 0 amide bonds. The molecule has 96 valence electrons. The average Bonchev–Trinajstić information content (AvgIpc) is 2.18. The van der Waals surface area contributed by atoms with E-state index in [-0.39, 0.29) is 11.1 Å². The van der Waals surface area contributed by atoms with Crippen molar-refractivity contribution in [2.24, 2.45) is 0 Å². The van der Waals surface area contributed by atoms with Gasteiger partial charge in [0.25, 0.3) is 0 Å². The number of hydrogen-bond donors (Lipinski definition) is 2. The van der Waals surface area contributed by atoms with Gasteiger partial charge in [0, 0.05) is 11.1 Å². The van der Waals surface area contributed by atoms with Gasteiger partial charge >= 0.3 is 0 Å². The maximum atomic E-state index is 3.52. The van der Waals surface area contributed by atoms with E-state index in [0.717, 1.165) is 0 Å². The highest BCUT2D eigenvalue weighted by Crippen LogP contribution is 2.19. The first-order chi connectivity index (χ1) is 7.41. The van der Waals surface area contributed by atoms with Gasteiger partial charge < -0.3 is 0 Å². The minimum atomic E-state index is 0.219. The summed E-state index contributed by atoms with van der Waals surface area (Å²) in [6, 6.07) is 0. The second-order valence-electron chi connectivity index (χ2n) is 6.64. The van der Waals surface area contributed by atoms with Gasteiger partial charge in [-0.1, -0.05) is 38.5 Å². The molecule has 0 radical (unpaired) electrons. The molecule has 1 aliphatic heterocycles. The highest BCUT2D eigenvalue weighted by Gasteiger charge is 2.22. The van der Waals surface area contributed by atoms with Gasteiger partial charge in [-0.3, -0.25) is 10.9 Å². The fraction of sp³-hybridized carbons (Fsp3) is 1.00. The van der Waals surface area contributed by atoms with Crippen LogP contribution in [0, 0.1) is 0 Å². The number of hydrogen-bond acceptors (Lipinski definition) is 2. The Bertz CT molecular complexity index is 175. The Morgan fingerprint density at radius 2 is 0.875 bits per heavy atom. The van der Waals surface area contributed by atoms with E-state index in [1.165, 1.54) is 51.4 Å². The topological polar surface area (TPSA) is 24.1 Å². The van der Waals surface area contributed by atoms with Gasteiger partial charge in [0.2, 0.25) is 0 Å². The molecule has 2 nitrogen and oxygen atoms in total. The maximum Gasteiger partial charge on any atom is 0.0267 e. The third kappa shape index (κ3) is 5.86. The Morgan fingerprint density at radius 1 is 0.562 bits per heavy atom. The van der Waals surface area contributed by atoms with Crippen molar-refractivity contribution in [1.82, 2.24) is 10.9 Å². The van der Waals surface area contributed by atoms with Crippen LogP contribution in [-0.2, 0) is 0 Å². The summed E-state index contributed by atoms with van der Waals surface area (Å²) in [4.78, 5) is 0. The fourth-order valence-corrected chi connectivity index (χ4v) is 2.30. The van der Waals surface area contributed by atoms with Crippen molar-refractivity contribution in [3.05, 3.63) is 0 Å². The molecular weight excluding hydrogens is 196 g/mol. The first kappa shape index (κ1) is 14.0. The van der Waals surface area contributed by atoms with E-state index >= 15 is 0 Å². The van der Waals surface area contributed by atoms with Crippen LogP contribution in [-0.4, -0.2) is 11.1 Å². The Hall–Kier alpha value is -0.0800. The number of rotatable bonds is 0. The second-order valence-corrected chi connectivity index (χ2v) is 6.64. The molecule has 2 heteroatoms. The van der Waals surface area contributed by atoms with Crippen LogP contribution in [0.3, 0.4) is 0 Å². The van der Waals surface area contributed by atoms with E-state index in [1.54, 1.807) is 0 Å². The molecule has 1 rings (SSSR count). The second kappa shape index (κ2) is 6.02. The van der Waals surface area contributed by atoms with Crippen LogP contribution < -0.4 is 10.9 Å². The van der Waals surface area contributed by atoms with Crippen molar-refractivity contribution >= 4 is 0 Å². The van der Waals surface area contributed by atoms with Crippen LogP contribution in [0.25, 0.3) is 0 Å². The van der Waals surface area contributed by atoms with Crippen molar-refractivity contribution in [2.75, 3.05) is 0 Å². The first-order valence-corrected chi connectivity index (χ1v) is 6.96. The Balaban J connectivity index is 2.47. The number of nitrogens with one attached hydrogen (secondary N) is 2. The van der Waals surface area contributed by atoms with Crippen LogP contribution in [0.15, 0.2) is 0 Å². The molecular formula is C14H30N2. The van der Waals surface area contributed by atoms with Gasteiger partial charge in [-0.05, 0) is 40.5 Å². The zero-order valence-electron chi connectivity index (χ0n) is 11.7. The van der Waals surface area contributed by atoms with Crippen LogP contribution in [0.2, 0.25) is 0 Å². The lowest BCUT2D eigenvalue weighted by Crippen LogP contribution is -2.56. The Labute approximate surface area is 102 Å². The van der Waals surface area contributed by atoms with Crippen LogP contribution in [0.5, 0.6) is 0 Å². The summed E-state index contributed by atoms with van der Waals surface area (Å²) in [5.41, 5.74) is 7.47. The summed E-state index contributed by atoms with van der Waals surface area (Å²) in [5.74, 6) is 0. The van der Waals surface area contributed by atoms with Gasteiger partial charge in [0.05, 0.1) is 0 Å². The molecule has 0 bridgehead atoms. The largest absolute Gasteiger partial charge is 0.252 e. The van der Waals surface area contributed by atoms with Crippen molar-refractivity contribution in [2.45, 2.75) is 90.1 Å². The van der Waals surface area contributed by atoms with Crippen LogP contribution in [0.4, 0.5) is 0 Å². The molecule has 1 fully saturated rings. The van der Waals surface area contributed by atoms with Crippen LogP contribution in [0.1, 0.15) is 79.1 Å². The highest BCUT2D eigenvalue weighted by molar-refractivity contribution is 4.81. The van der Waals surface area contributed by atoms with Gasteiger partial charge in [0.15, 0.2) is 0 Å². The van der Waals surface area contributed by atoms with E-state index in [4.69, 9.17) is 0 Å². The quantitative estimate of drug-likeness (QED) is 0.657. The van der Waals surface area contributed by atoms with E-state index in [0.29, 0.717) is 0 Å². The number of hydrazine groups is 1. The molecule has 2 N–H and O–H groups in total. The summed E-state index contributed by atoms with van der Waals surface area (Å²) in [5, 5.41) is 0. The maximum absolute atomic E-state index is 3.52. The minimum Gasteiger partial charge on any atom is -0.252 e. The molecule has 1 aliphatic rings. The molecule has 1 heterocycles. The van der Waals surface area contributed by atoms with E-state index in [1.807, 2.05) is 0 Å². The summed E-state index contributed by atoms with van der Waals surface area (Å²) in [6.45, 7) is 9.17. The monoisotopic (exact) mass is 226 g/mol. The summed E-state index contributed by atoms with van der Waals surface area (Å²) in [7, 11) is 0. The molecule has 1 saturated heterocycles. The van der Waals surface area contributed by atoms with E-state index in [9.17, 15) is 0 Å². The fourth-order valence-electron chi connectivity index (χ4n) is 2.30. The molecule has 0 unspecified atom stereocenters. The molecule has 0 spiro atoms. The molecule has 0 aromatic rings. The van der Waals surface area contributed by atoms with Crippen LogP contribution >= 0.6 is 0 Å². The molecule has 0 aromatic heterocycles. The summed E-state index contributed by atoms with van der Waals surface area (Å²) < 4.78 is 0. The van der Waals surface area contributed by atoms with Crippen molar-refractivity contribution < 1.29 is 0 Å². The smallest absolute Gasteiger partial charge is 0.0267 e. The Kier molecular flexibility index (Phi) is 5.26. The molecule has 0 saturated carbocycles. The van der Waals surface area contributed by atoms with E-state index < -0.39 is 0 Å². The normalized spacial score (nSPS) is 27.8. The predicted octanol–water partition coefficient (Wildman–Crippen LogP) is 3.77. The first-order valence-electron chi connectivity index (χ1n) is 6.96. The van der Waals surface area contributed by atoms with Gasteiger partial charge in [-0.25, -0.2) is 0 Å². The molecule has 16 heavy (non-hydrogen) atoms. The lowest BCUT2D eigenvalue weighted by atomic mass is 9.93. The van der Waals surface area contributed by atoms with Gasteiger partial charge in [-0.15, -0.1) is 0 Å². The van der Waals surface area contributed by atoms with Crippen molar-refractivity contribution in [3.8, 4) is 0 Å². The Morgan fingerprint density at radius 3 is 1.25 bits per heavy atom. The zero-order valence-corrected chi connectivity index (χ0v) is 11.7. The molecule has 0 aliphatic carbocycles. The molecule has 0 atom stereocenters. The SMILES string of the molecule is CC1(C)CCCCCCCCC(C)(C)NN1. The van der Waals surface area contributed by atoms with Crippen molar-refractivity contribution in [3.63, 3.8) is 0 Å². The average molecular weight is 226 g/mol. The highest BCUT2D eigenvalue weighted by atomic mass is 15.4. The molecule has 0 aromatic carbocycles. The third-order valence-electron chi connectivity index (χ3n) is 3.59.